The molecule has 3 aromatic carbocycles. The van der Waals surface area contributed by atoms with Crippen LogP contribution in [0.1, 0.15) is 24.0 Å². The lowest BCUT2D eigenvalue weighted by atomic mass is 9.90. The second-order valence-corrected chi connectivity index (χ2v) is 9.46. The average molecular weight is 509 g/mol. The number of methoxy groups -OCH3 is 1. The van der Waals surface area contributed by atoms with Crippen molar-refractivity contribution in [2.45, 2.75) is 19.3 Å². The number of carbonyl (C=O) groups excluding carboxylic acids is 1. The zero-order valence-corrected chi connectivity index (χ0v) is 21.3. The average Bonchev–Trinajstić information content (AvgIpc) is 2.88. The topological polar surface area (TPSA) is 50.8 Å². The third kappa shape index (κ3) is 6.96. The Morgan fingerprint density at radius 3 is 2.51 bits per heavy atom. The van der Waals surface area contributed by atoms with E-state index in [4.69, 9.17) is 33.3 Å². The predicted molar refractivity (Wildman–Crippen MR) is 145 cm³/mol. The monoisotopic (exact) mass is 508 g/mol. The molecule has 1 amide bonds. The molecule has 0 atom stereocenters. The maximum absolute atomic E-state index is 12.3. The van der Waals surface area contributed by atoms with Gasteiger partial charge in [-0.2, -0.15) is 0 Å². The van der Waals surface area contributed by atoms with Gasteiger partial charge in [0.05, 0.1) is 7.11 Å². The minimum atomic E-state index is -0.285. The Morgan fingerprint density at radius 1 is 1.03 bits per heavy atom. The number of nitrogens with one attached hydrogen (secondary N) is 1. The highest BCUT2D eigenvalue weighted by Gasteiger charge is 2.22. The van der Waals surface area contributed by atoms with E-state index < -0.39 is 0 Å². The molecular formula is C28H29ClN2O3S. The number of carbonyl (C=O) groups is 1. The van der Waals surface area contributed by atoms with Gasteiger partial charge in [0.2, 0.25) is 0 Å². The first-order valence-corrected chi connectivity index (χ1v) is 12.5. The Balaban J connectivity index is 1.31. The summed E-state index contributed by atoms with van der Waals surface area (Å²) in [5.41, 5.74) is 2.93. The molecular weight excluding hydrogens is 480 g/mol. The van der Waals surface area contributed by atoms with Crippen LogP contribution in [0.2, 0.25) is 5.02 Å². The first-order chi connectivity index (χ1) is 17.0. The van der Waals surface area contributed by atoms with Crippen molar-refractivity contribution in [2.75, 3.05) is 32.1 Å². The molecule has 1 aliphatic heterocycles. The molecule has 35 heavy (non-hydrogen) atoms. The zero-order valence-electron chi connectivity index (χ0n) is 19.7. The number of halogens is 1. The van der Waals surface area contributed by atoms with Crippen LogP contribution in [0.5, 0.6) is 11.5 Å². The summed E-state index contributed by atoms with van der Waals surface area (Å²) in [6.45, 7) is 1.74. The van der Waals surface area contributed by atoms with Gasteiger partial charge in [0.25, 0.3) is 5.91 Å². The van der Waals surface area contributed by atoms with Crippen LogP contribution >= 0.6 is 23.8 Å². The second-order valence-electron chi connectivity index (χ2n) is 8.64. The van der Waals surface area contributed by atoms with E-state index in [0.717, 1.165) is 42.9 Å². The molecule has 0 aromatic heterocycles. The number of rotatable bonds is 8. The Kier molecular flexibility index (Phi) is 8.61. The van der Waals surface area contributed by atoms with Crippen molar-refractivity contribution < 1.29 is 14.3 Å². The summed E-state index contributed by atoms with van der Waals surface area (Å²) in [7, 11) is 1.58. The molecule has 7 heteroatoms. The van der Waals surface area contributed by atoms with E-state index in [9.17, 15) is 4.79 Å². The van der Waals surface area contributed by atoms with Crippen LogP contribution < -0.4 is 14.8 Å². The number of hydrogen-bond donors (Lipinski definition) is 1. The van der Waals surface area contributed by atoms with Crippen LogP contribution in [0.15, 0.2) is 72.8 Å². The number of anilines is 1. The van der Waals surface area contributed by atoms with Crippen molar-refractivity contribution in [3.63, 3.8) is 0 Å². The van der Waals surface area contributed by atoms with Gasteiger partial charge in [-0.3, -0.25) is 4.79 Å². The maximum Gasteiger partial charge on any atom is 0.262 e. The van der Waals surface area contributed by atoms with Gasteiger partial charge in [-0.05, 0) is 67.1 Å². The molecule has 0 bridgehead atoms. The number of ether oxygens (including phenoxy) is 2. The van der Waals surface area contributed by atoms with Gasteiger partial charge in [0, 0.05) is 29.4 Å². The second kappa shape index (κ2) is 12.0. The molecule has 1 heterocycles. The van der Waals surface area contributed by atoms with Crippen molar-refractivity contribution in [1.82, 2.24) is 4.90 Å². The molecule has 1 aliphatic rings. The standard InChI is InChI=1S/C28H29ClN2O3S/c1-33-26-17-22(10-11-25(26)34-19-27(32)30-24-9-5-8-23(29)18-24)28(35)31-14-12-21(13-15-31)16-20-6-3-2-4-7-20/h2-11,17-18,21H,12-16,19H2,1H3,(H,30,32). The number of likely N-dealkylation sites (tertiary alicyclic amines) is 1. The molecule has 3 aromatic rings. The van der Waals surface area contributed by atoms with Crippen LogP contribution in [-0.2, 0) is 11.2 Å². The van der Waals surface area contributed by atoms with Crippen molar-refractivity contribution in [2.24, 2.45) is 5.92 Å². The fraction of sp³-hybridized carbons (Fsp3) is 0.286. The molecule has 1 N–H and O–H groups in total. The molecule has 4 rings (SSSR count). The molecule has 0 spiro atoms. The molecule has 0 unspecified atom stereocenters. The van der Waals surface area contributed by atoms with Gasteiger partial charge in [-0.1, -0.05) is 60.2 Å². The molecule has 1 fully saturated rings. The van der Waals surface area contributed by atoms with Gasteiger partial charge in [-0.15, -0.1) is 0 Å². The number of benzene rings is 3. The van der Waals surface area contributed by atoms with Crippen LogP contribution in [-0.4, -0.2) is 42.6 Å². The summed E-state index contributed by atoms with van der Waals surface area (Å²) >= 11 is 11.8. The highest BCUT2D eigenvalue weighted by molar-refractivity contribution is 7.80. The van der Waals surface area contributed by atoms with E-state index in [1.165, 1.54) is 5.56 Å². The Morgan fingerprint density at radius 2 is 1.80 bits per heavy atom. The van der Waals surface area contributed by atoms with Crippen molar-refractivity contribution in [3.05, 3.63) is 88.9 Å². The highest BCUT2D eigenvalue weighted by atomic mass is 35.5. The van der Waals surface area contributed by atoms with E-state index in [-0.39, 0.29) is 12.5 Å². The summed E-state index contributed by atoms with van der Waals surface area (Å²) < 4.78 is 11.2. The summed E-state index contributed by atoms with van der Waals surface area (Å²) in [6, 6.07) is 23.2. The third-order valence-electron chi connectivity index (χ3n) is 6.15. The van der Waals surface area contributed by atoms with Gasteiger partial charge in [0.15, 0.2) is 18.1 Å². The van der Waals surface area contributed by atoms with Gasteiger partial charge < -0.3 is 19.7 Å². The fourth-order valence-corrected chi connectivity index (χ4v) is 4.80. The molecule has 0 radical (unpaired) electrons. The van der Waals surface area contributed by atoms with E-state index in [1.54, 1.807) is 37.4 Å². The lowest BCUT2D eigenvalue weighted by molar-refractivity contribution is -0.118. The van der Waals surface area contributed by atoms with Gasteiger partial charge in [-0.25, -0.2) is 0 Å². The van der Waals surface area contributed by atoms with E-state index in [1.807, 2.05) is 12.1 Å². The molecule has 5 nitrogen and oxygen atoms in total. The minimum absolute atomic E-state index is 0.151. The zero-order chi connectivity index (χ0) is 24.6. The highest BCUT2D eigenvalue weighted by Crippen LogP contribution is 2.30. The first-order valence-electron chi connectivity index (χ1n) is 11.7. The van der Waals surface area contributed by atoms with Crippen LogP contribution in [0.4, 0.5) is 5.69 Å². The fourth-order valence-electron chi connectivity index (χ4n) is 4.30. The molecule has 0 aliphatic carbocycles. The molecule has 0 saturated carbocycles. The van der Waals surface area contributed by atoms with Gasteiger partial charge >= 0.3 is 0 Å². The van der Waals surface area contributed by atoms with Crippen molar-refractivity contribution in [3.8, 4) is 11.5 Å². The minimum Gasteiger partial charge on any atom is -0.493 e. The molecule has 182 valence electrons. The van der Waals surface area contributed by atoms with Crippen LogP contribution in [0.25, 0.3) is 0 Å². The number of hydrogen-bond acceptors (Lipinski definition) is 4. The summed E-state index contributed by atoms with van der Waals surface area (Å²) in [5.74, 6) is 1.42. The molecule has 1 saturated heterocycles. The SMILES string of the molecule is COc1cc(C(=S)N2CCC(Cc3ccccc3)CC2)ccc1OCC(=O)Nc1cccc(Cl)c1. The number of amides is 1. The van der Waals surface area contributed by atoms with E-state index in [0.29, 0.717) is 28.1 Å². The Hall–Kier alpha value is -3.09. The van der Waals surface area contributed by atoms with Crippen LogP contribution in [0.3, 0.4) is 0 Å². The number of thiocarbonyl (C=S) groups is 1. The lowest BCUT2D eigenvalue weighted by Crippen LogP contribution is -2.38. The summed E-state index contributed by atoms with van der Waals surface area (Å²) in [6.07, 6.45) is 3.36. The van der Waals surface area contributed by atoms with Crippen molar-refractivity contribution in [1.29, 1.82) is 0 Å². The van der Waals surface area contributed by atoms with Gasteiger partial charge in [0.1, 0.15) is 4.99 Å². The lowest BCUT2D eigenvalue weighted by Gasteiger charge is -2.34. The Bertz CT molecular complexity index is 1160. The quantitative estimate of drug-likeness (QED) is 0.378. The normalized spacial score (nSPS) is 13.8. The maximum atomic E-state index is 12.3. The predicted octanol–water partition coefficient (Wildman–Crippen LogP) is 6.00. The van der Waals surface area contributed by atoms with E-state index >= 15 is 0 Å². The van der Waals surface area contributed by atoms with Crippen molar-refractivity contribution >= 4 is 40.4 Å². The smallest absolute Gasteiger partial charge is 0.262 e. The largest absolute Gasteiger partial charge is 0.493 e. The first kappa shape index (κ1) is 25.0. The summed E-state index contributed by atoms with van der Waals surface area (Å²) in [4.78, 5) is 15.4. The van der Waals surface area contributed by atoms with E-state index in [2.05, 4.69) is 40.5 Å². The number of piperidine rings is 1. The van der Waals surface area contributed by atoms with Crippen LogP contribution in [0, 0.1) is 5.92 Å². The third-order valence-corrected chi connectivity index (χ3v) is 6.88. The number of nitrogens with zero attached hydrogens (tertiary/aromatic N) is 1. The summed E-state index contributed by atoms with van der Waals surface area (Å²) in [5, 5.41) is 3.32. The Labute approximate surface area is 217 Å².